The summed E-state index contributed by atoms with van der Waals surface area (Å²) in [5.41, 5.74) is 10.1. The van der Waals surface area contributed by atoms with E-state index in [0.717, 1.165) is 5.56 Å². The van der Waals surface area contributed by atoms with Crippen LogP contribution in [0.25, 0.3) is 0 Å². The summed E-state index contributed by atoms with van der Waals surface area (Å²) in [5, 5.41) is 4.44. The second kappa shape index (κ2) is 4.32. The molecule has 82 valence electrons. The zero-order chi connectivity index (χ0) is 11.5. The lowest BCUT2D eigenvalue weighted by Crippen LogP contribution is -2.12. The third-order valence-corrected chi connectivity index (χ3v) is 2.79. The van der Waals surface area contributed by atoms with E-state index in [1.165, 1.54) is 11.3 Å². The molecule has 3 N–H and O–H groups in total. The van der Waals surface area contributed by atoms with Gasteiger partial charge in [-0.15, -0.1) is 11.3 Å². The molecule has 0 fully saturated rings. The number of aryl methyl sites for hydroxylation is 1. The molecule has 5 heteroatoms. The van der Waals surface area contributed by atoms with Crippen molar-refractivity contribution in [3.63, 3.8) is 0 Å². The summed E-state index contributed by atoms with van der Waals surface area (Å²) in [4.78, 5) is 15.6. The standard InChI is InChI=1S/C11H11N3OS/c1-7-2-3-8(4-9(7)12)14-11(15)10-5-16-6-13-10/h2-6H,12H2,1H3,(H,14,15). The van der Waals surface area contributed by atoms with E-state index in [0.29, 0.717) is 17.1 Å². The predicted molar refractivity (Wildman–Crippen MR) is 65.7 cm³/mol. The Kier molecular flexibility index (Phi) is 2.87. The van der Waals surface area contributed by atoms with Gasteiger partial charge in [0.25, 0.3) is 5.91 Å². The fourth-order valence-corrected chi connectivity index (χ4v) is 1.77. The highest BCUT2D eigenvalue weighted by atomic mass is 32.1. The normalized spacial score (nSPS) is 10.1. The van der Waals surface area contributed by atoms with Crippen molar-refractivity contribution in [2.24, 2.45) is 0 Å². The van der Waals surface area contributed by atoms with E-state index in [-0.39, 0.29) is 5.91 Å². The number of anilines is 2. The van der Waals surface area contributed by atoms with E-state index in [4.69, 9.17) is 5.73 Å². The average molecular weight is 233 g/mol. The van der Waals surface area contributed by atoms with Gasteiger partial charge in [-0.2, -0.15) is 0 Å². The molecule has 0 aliphatic heterocycles. The van der Waals surface area contributed by atoms with Crippen LogP contribution in [-0.4, -0.2) is 10.9 Å². The Morgan fingerprint density at radius 1 is 1.50 bits per heavy atom. The average Bonchev–Trinajstić information content (AvgIpc) is 2.77. The first kappa shape index (κ1) is 10.6. The maximum absolute atomic E-state index is 11.7. The fourth-order valence-electron chi connectivity index (χ4n) is 1.24. The van der Waals surface area contributed by atoms with Crippen molar-refractivity contribution >= 4 is 28.6 Å². The van der Waals surface area contributed by atoms with Gasteiger partial charge in [-0.05, 0) is 24.6 Å². The molecule has 0 radical (unpaired) electrons. The quantitative estimate of drug-likeness (QED) is 0.782. The molecule has 2 rings (SSSR count). The number of nitrogens with one attached hydrogen (secondary N) is 1. The Hall–Kier alpha value is -1.88. The Labute approximate surface area is 97.1 Å². The van der Waals surface area contributed by atoms with Crippen molar-refractivity contribution < 1.29 is 4.79 Å². The maximum atomic E-state index is 11.7. The summed E-state index contributed by atoms with van der Waals surface area (Å²) in [6.07, 6.45) is 0. The highest BCUT2D eigenvalue weighted by molar-refractivity contribution is 7.07. The molecule has 0 atom stereocenters. The van der Waals surface area contributed by atoms with E-state index < -0.39 is 0 Å². The van der Waals surface area contributed by atoms with Crippen LogP contribution in [0.5, 0.6) is 0 Å². The first-order valence-electron chi connectivity index (χ1n) is 4.72. The van der Waals surface area contributed by atoms with Gasteiger partial charge < -0.3 is 11.1 Å². The second-order valence-electron chi connectivity index (χ2n) is 3.40. The lowest BCUT2D eigenvalue weighted by atomic mass is 10.2. The van der Waals surface area contributed by atoms with E-state index >= 15 is 0 Å². The number of benzene rings is 1. The third kappa shape index (κ3) is 2.20. The Morgan fingerprint density at radius 3 is 2.94 bits per heavy atom. The van der Waals surface area contributed by atoms with E-state index in [1.807, 2.05) is 19.1 Å². The molecule has 0 bridgehead atoms. The van der Waals surface area contributed by atoms with Gasteiger partial charge in [0.15, 0.2) is 0 Å². The number of rotatable bonds is 2. The molecule has 0 unspecified atom stereocenters. The van der Waals surface area contributed by atoms with Crippen molar-refractivity contribution in [1.29, 1.82) is 0 Å². The van der Waals surface area contributed by atoms with Gasteiger partial charge in [0.2, 0.25) is 0 Å². The van der Waals surface area contributed by atoms with Gasteiger partial charge in [-0.1, -0.05) is 6.07 Å². The molecule has 16 heavy (non-hydrogen) atoms. The highest BCUT2D eigenvalue weighted by Gasteiger charge is 2.07. The summed E-state index contributed by atoms with van der Waals surface area (Å²) in [6, 6.07) is 5.42. The van der Waals surface area contributed by atoms with Crippen molar-refractivity contribution in [3.8, 4) is 0 Å². The van der Waals surface area contributed by atoms with Crippen molar-refractivity contribution in [2.45, 2.75) is 6.92 Å². The van der Waals surface area contributed by atoms with Gasteiger partial charge in [-0.3, -0.25) is 4.79 Å². The molecule has 2 aromatic rings. The van der Waals surface area contributed by atoms with Crippen LogP contribution >= 0.6 is 11.3 Å². The number of carbonyl (C=O) groups is 1. The van der Waals surface area contributed by atoms with Crippen molar-refractivity contribution in [1.82, 2.24) is 4.98 Å². The van der Waals surface area contributed by atoms with Gasteiger partial charge in [-0.25, -0.2) is 4.98 Å². The number of nitrogens with two attached hydrogens (primary N) is 1. The minimum Gasteiger partial charge on any atom is -0.398 e. The van der Waals surface area contributed by atoms with Crippen LogP contribution < -0.4 is 11.1 Å². The maximum Gasteiger partial charge on any atom is 0.275 e. The minimum absolute atomic E-state index is 0.218. The lowest BCUT2D eigenvalue weighted by molar-refractivity contribution is 0.102. The molecule has 1 heterocycles. The minimum atomic E-state index is -0.218. The first-order valence-corrected chi connectivity index (χ1v) is 5.67. The molecule has 1 aromatic heterocycles. The smallest absolute Gasteiger partial charge is 0.275 e. The van der Waals surface area contributed by atoms with Crippen LogP contribution in [0.3, 0.4) is 0 Å². The number of carbonyl (C=O) groups excluding carboxylic acids is 1. The largest absolute Gasteiger partial charge is 0.398 e. The van der Waals surface area contributed by atoms with Crippen molar-refractivity contribution in [2.75, 3.05) is 11.1 Å². The van der Waals surface area contributed by atoms with Crippen LogP contribution in [0.2, 0.25) is 0 Å². The van der Waals surface area contributed by atoms with Gasteiger partial charge in [0, 0.05) is 16.8 Å². The van der Waals surface area contributed by atoms with Crippen LogP contribution in [-0.2, 0) is 0 Å². The van der Waals surface area contributed by atoms with E-state index in [2.05, 4.69) is 10.3 Å². The van der Waals surface area contributed by atoms with Crippen LogP contribution in [0.4, 0.5) is 11.4 Å². The molecule has 0 aliphatic carbocycles. The van der Waals surface area contributed by atoms with Gasteiger partial charge in [0.05, 0.1) is 5.51 Å². The van der Waals surface area contributed by atoms with Gasteiger partial charge >= 0.3 is 0 Å². The number of hydrogen-bond acceptors (Lipinski definition) is 4. The Morgan fingerprint density at radius 2 is 2.31 bits per heavy atom. The molecule has 1 amide bonds. The van der Waals surface area contributed by atoms with Crippen LogP contribution in [0.1, 0.15) is 16.1 Å². The molecular formula is C11H11N3OS. The second-order valence-corrected chi connectivity index (χ2v) is 4.12. The first-order chi connectivity index (χ1) is 7.66. The summed E-state index contributed by atoms with van der Waals surface area (Å²) >= 11 is 1.39. The highest BCUT2D eigenvalue weighted by Crippen LogP contribution is 2.17. The molecule has 0 saturated carbocycles. The number of hydrogen-bond donors (Lipinski definition) is 2. The van der Waals surface area contributed by atoms with E-state index in [1.54, 1.807) is 17.0 Å². The number of nitrogen functional groups attached to an aromatic ring is 1. The SMILES string of the molecule is Cc1ccc(NC(=O)c2cscn2)cc1N. The summed E-state index contributed by atoms with van der Waals surface area (Å²) < 4.78 is 0. The van der Waals surface area contributed by atoms with Crippen molar-refractivity contribution in [3.05, 3.63) is 40.3 Å². The molecule has 0 aliphatic rings. The Balaban J connectivity index is 2.15. The summed E-state index contributed by atoms with van der Waals surface area (Å²) in [7, 11) is 0. The number of aromatic nitrogens is 1. The zero-order valence-corrected chi connectivity index (χ0v) is 9.54. The molecular weight excluding hydrogens is 222 g/mol. The summed E-state index contributed by atoms with van der Waals surface area (Å²) in [5.74, 6) is -0.218. The topological polar surface area (TPSA) is 68.0 Å². The number of thiazole rings is 1. The zero-order valence-electron chi connectivity index (χ0n) is 8.73. The molecule has 4 nitrogen and oxygen atoms in total. The van der Waals surface area contributed by atoms with Crippen LogP contribution in [0.15, 0.2) is 29.1 Å². The Bertz CT molecular complexity index is 508. The molecule has 0 saturated heterocycles. The monoisotopic (exact) mass is 233 g/mol. The lowest BCUT2D eigenvalue weighted by Gasteiger charge is -2.05. The fraction of sp³-hybridized carbons (Fsp3) is 0.0909. The predicted octanol–water partition coefficient (Wildman–Crippen LogP) is 2.29. The molecule has 0 spiro atoms. The number of amides is 1. The summed E-state index contributed by atoms with van der Waals surface area (Å²) in [6.45, 7) is 1.92. The number of nitrogens with zero attached hydrogens (tertiary/aromatic N) is 1. The third-order valence-electron chi connectivity index (χ3n) is 2.20. The van der Waals surface area contributed by atoms with Crippen LogP contribution in [0, 0.1) is 6.92 Å². The molecule has 1 aromatic carbocycles. The van der Waals surface area contributed by atoms with E-state index in [9.17, 15) is 4.79 Å². The van der Waals surface area contributed by atoms with Gasteiger partial charge in [0.1, 0.15) is 5.69 Å².